The predicted molar refractivity (Wildman–Crippen MR) is 128 cm³/mol. The highest BCUT2D eigenvalue weighted by Crippen LogP contribution is 2.29. The molecule has 1 aliphatic rings. The van der Waals surface area contributed by atoms with Crippen LogP contribution in [0.4, 0.5) is 21.0 Å². The molecule has 1 N–H and O–H groups in total. The number of urea groups is 1. The van der Waals surface area contributed by atoms with Crippen LogP contribution >= 0.6 is 0 Å². The minimum Gasteiger partial charge on any atom is -0.496 e. The molecule has 0 aliphatic carbocycles. The molecule has 1 aromatic carbocycles. The van der Waals surface area contributed by atoms with E-state index in [1.54, 1.807) is 26.0 Å². The summed E-state index contributed by atoms with van der Waals surface area (Å²) < 4.78 is 25.6. The number of methoxy groups -OCH3 is 1. The SMILES string of the molecule is COc1cc(C)c(F)c(COc2cnc(NC(=O)N3CCCc4c(C)cc(C=O)nc43)nc2)c1C. The zero-order valence-electron chi connectivity index (χ0n) is 20.0. The highest BCUT2D eigenvalue weighted by molar-refractivity contribution is 6.01. The van der Waals surface area contributed by atoms with Gasteiger partial charge in [-0.3, -0.25) is 15.0 Å². The number of amides is 2. The molecular formula is C25H26FN5O4. The quantitative estimate of drug-likeness (QED) is 0.525. The molecule has 0 spiro atoms. The van der Waals surface area contributed by atoms with Gasteiger partial charge in [-0.1, -0.05) is 0 Å². The molecule has 35 heavy (non-hydrogen) atoms. The van der Waals surface area contributed by atoms with Gasteiger partial charge in [-0.05, 0) is 62.4 Å². The smallest absolute Gasteiger partial charge is 0.329 e. The summed E-state index contributed by atoms with van der Waals surface area (Å²) in [6.45, 7) is 5.76. The van der Waals surface area contributed by atoms with Crippen LogP contribution in [0.1, 0.15) is 44.7 Å². The predicted octanol–water partition coefficient (Wildman–Crippen LogP) is 4.32. The molecule has 0 saturated carbocycles. The van der Waals surface area contributed by atoms with E-state index in [0.717, 1.165) is 24.0 Å². The van der Waals surface area contributed by atoms with E-state index in [1.165, 1.54) is 24.4 Å². The zero-order chi connectivity index (χ0) is 25.1. The third-order valence-corrected chi connectivity index (χ3v) is 6.01. The van der Waals surface area contributed by atoms with Crippen LogP contribution in [0.5, 0.6) is 11.5 Å². The first-order chi connectivity index (χ1) is 16.8. The Bertz CT molecular complexity index is 1280. The molecule has 0 fully saturated rings. The van der Waals surface area contributed by atoms with E-state index in [4.69, 9.17) is 9.47 Å². The second-order valence-corrected chi connectivity index (χ2v) is 8.31. The average Bonchev–Trinajstić information content (AvgIpc) is 2.86. The van der Waals surface area contributed by atoms with Crippen molar-refractivity contribution < 1.29 is 23.5 Å². The van der Waals surface area contributed by atoms with E-state index < -0.39 is 6.03 Å². The first-order valence-corrected chi connectivity index (χ1v) is 11.1. The van der Waals surface area contributed by atoms with Crippen molar-refractivity contribution in [1.29, 1.82) is 0 Å². The highest BCUT2D eigenvalue weighted by Gasteiger charge is 2.26. The van der Waals surface area contributed by atoms with Crippen molar-refractivity contribution in [1.82, 2.24) is 15.0 Å². The van der Waals surface area contributed by atoms with Crippen LogP contribution in [0.15, 0.2) is 24.5 Å². The molecule has 1 aliphatic heterocycles. The van der Waals surface area contributed by atoms with Crippen molar-refractivity contribution in [3.63, 3.8) is 0 Å². The number of fused-ring (bicyclic) bond motifs is 1. The number of aromatic nitrogens is 3. The Kier molecular flexibility index (Phi) is 6.90. The fourth-order valence-corrected chi connectivity index (χ4v) is 4.09. The van der Waals surface area contributed by atoms with Gasteiger partial charge < -0.3 is 9.47 Å². The number of nitrogens with one attached hydrogen (secondary N) is 1. The number of halogens is 1. The van der Waals surface area contributed by atoms with Crippen molar-refractivity contribution in [3.8, 4) is 11.5 Å². The van der Waals surface area contributed by atoms with E-state index in [0.29, 0.717) is 46.8 Å². The van der Waals surface area contributed by atoms with Crippen LogP contribution in [0.2, 0.25) is 0 Å². The van der Waals surface area contributed by atoms with E-state index in [-0.39, 0.29) is 24.1 Å². The van der Waals surface area contributed by atoms with Crippen molar-refractivity contribution in [2.45, 2.75) is 40.2 Å². The third-order valence-electron chi connectivity index (χ3n) is 6.01. The van der Waals surface area contributed by atoms with E-state index in [2.05, 4.69) is 20.3 Å². The summed E-state index contributed by atoms with van der Waals surface area (Å²) >= 11 is 0. The fourth-order valence-electron chi connectivity index (χ4n) is 4.09. The molecular weight excluding hydrogens is 453 g/mol. The number of nitrogens with zero attached hydrogens (tertiary/aromatic N) is 4. The number of aldehydes is 1. The first kappa shape index (κ1) is 24.1. The Morgan fingerprint density at radius 3 is 2.63 bits per heavy atom. The Hall–Kier alpha value is -4.08. The molecule has 3 aromatic rings. The maximum Gasteiger partial charge on any atom is 0.329 e. The van der Waals surface area contributed by atoms with Crippen molar-refractivity contribution in [2.75, 3.05) is 23.9 Å². The van der Waals surface area contributed by atoms with Gasteiger partial charge in [0.2, 0.25) is 5.95 Å². The lowest BCUT2D eigenvalue weighted by Crippen LogP contribution is -2.40. The minimum atomic E-state index is -0.445. The topological polar surface area (TPSA) is 107 Å². The van der Waals surface area contributed by atoms with Crippen molar-refractivity contribution in [2.24, 2.45) is 0 Å². The third kappa shape index (κ3) is 4.91. The van der Waals surface area contributed by atoms with Crippen LogP contribution in [-0.2, 0) is 13.0 Å². The number of carbonyl (C=O) groups is 2. The van der Waals surface area contributed by atoms with E-state index in [9.17, 15) is 14.0 Å². The van der Waals surface area contributed by atoms with Crippen molar-refractivity contribution >= 4 is 24.1 Å². The lowest BCUT2D eigenvalue weighted by molar-refractivity contribution is 0.111. The van der Waals surface area contributed by atoms with Crippen LogP contribution in [0.3, 0.4) is 0 Å². The normalized spacial score (nSPS) is 12.7. The van der Waals surface area contributed by atoms with Crippen LogP contribution in [0, 0.1) is 26.6 Å². The maximum atomic E-state index is 14.6. The summed E-state index contributed by atoms with van der Waals surface area (Å²) in [5.74, 6) is 1.11. The summed E-state index contributed by atoms with van der Waals surface area (Å²) in [5.41, 5.74) is 3.65. The van der Waals surface area contributed by atoms with Crippen molar-refractivity contribution in [3.05, 3.63) is 63.9 Å². The number of benzene rings is 1. The monoisotopic (exact) mass is 479 g/mol. The van der Waals surface area contributed by atoms with Gasteiger partial charge in [0.1, 0.15) is 29.7 Å². The largest absolute Gasteiger partial charge is 0.496 e. The Morgan fingerprint density at radius 1 is 1.20 bits per heavy atom. The number of carbonyl (C=O) groups excluding carboxylic acids is 2. The molecule has 2 aromatic heterocycles. The van der Waals surface area contributed by atoms with Gasteiger partial charge in [0.15, 0.2) is 12.0 Å². The molecule has 3 heterocycles. The second kappa shape index (κ2) is 10.0. The van der Waals surface area contributed by atoms with Crippen LogP contribution < -0.4 is 19.7 Å². The van der Waals surface area contributed by atoms with Gasteiger partial charge in [0, 0.05) is 17.7 Å². The summed E-state index contributed by atoms with van der Waals surface area (Å²) in [7, 11) is 1.53. The molecule has 10 heteroatoms. The number of hydrogen-bond acceptors (Lipinski definition) is 7. The van der Waals surface area contributed by atoms with Gasteiger partial charge >= 0.3 is 6.03 Å². The molecule has 0 atom stereocenters. The van der Waals surface area contributed by atoms with Crippen LogP contribution in [-0.4, -0.2) is 40.9 Å². The lowest BCUT2D eigenvalue weighted by Gasteiger charge is -2.29. The summed E-state index contributed by atoms with van der Waals surface area (Å²) in [6, 6.07) is 2.92. The molecule has 0 radical (unpaired) electrons. The number of ether oxygens (including phenoxy) is 2. The van der Waals surface area contributed by atoms with Gasteiger partial charge in [0.25, 0.3) is 0 Å². The summed E-state index contributed by atoms with van der Waals surface area (Å²) in [4.78, 5) is 38.3. The first-order valence-electron chi connectivity index (χ1n) is 11.1. The van der Waals surface area contributed by atoms with Gasteiger partial charge in [-0.15, -0.1) is 0 Å². The fraction of sp³-hybridized carbons (Fsp3) is 0.320. The van der Waals surface area contributed by atoms with Gasteiger partial charge in [0.05, 0.1) is 19.5 Å². The number of pyridine rings is 1. The second-order valence-electron chi connectivity index (χ2n) is 8.31. The van der Waals surface area contributed by atoms with Crippen LogP contribution in [0.25, 0.3) is 0 Å². The maximum absolute atomic E-state index is 14.6. The molecule has 0 unspecified atom stereocenters. The number of rotatable bonds is 6. The van der Waals surface area contributed by atoms with E-state index >= 15 is 0 Å². The molecule has 9 nitrogen and oxygen atoms in total. The molecule has 0 bridgehead atoms. The number of aryl methyl sites for hydroxylation is 2. The van der Waals surface area contributed by atoms with E-state index in [1.807, 2.05) is 6.92 Å². The Balaban J connectivity index is 1.45. The number of hydrogen-bond donors (Lipinski definition) is 1. The Labute approximate surface area is 202 Å². The summed E-state index contributed by atoms with van der Waals surface area (Å²) in [5, 5.41) is 2.66. The number of anilines is 2. The van der Waals surface area contributed by atoms with Gasteiger partial charge in [-0.25, -0.2) is 24.1 Å². The standard InChI is InChI=1S/C25H26FN5O4/c1-14-8-17(12-32)29-23-19(14)6-5-7-31(23)25(33)30-24-27-10-18(11-28-24)35-13-20-16(3)21(34-4)9-15(2)22(20)26/h8-12H,5-7,13H2,1-4H3,(H,27,28,30,33). The minimum absolute atomic E-state index is 0.0284. The average molecular weight is 480 g/mol. The Morgan fingerprint density at radius 2 is 1.94 bits per heavy atom. The van der Waals surface area contributed by atoms with Gasteiger partial charge in [-0.2, -0.15) is 0 Å². The zero-order valence-corrected chi connectivity index (χ0v) is 20.0. The molecule has 0 saturated heterocycles. The molecule has 182 valence electrons. The summed E-state index contributed by atoms with van der Waals surface area (Å²) in [6.07, 6.45) is 5.03. The molecule has 4 rings (SSSR count). The lowest BCUT2D eigenvalue weighted by atomic mass is 10.0. The molecule has 2 amide bonds. The highest BCUT2D eigenvalue weighted by atomic mass is 19.1.